The van der Waals surface area contributed by atoms with Crippen molar-refractivity contribution in [3.63, 3.8) is 0 Å². The van der Waals surface area contributed by atoms with Gasteiger partial charge in [0.1, 0.15) is 0 Å². The zero-order chi connectivity index (χ0) is 12.6. The maximum Gasteiger partial charge on any atom is 0.290 e. The highest BCUT2D eigenvalue weighted by molar-refractivity contribution is 9.10. The molecule has 0 radical (unpaired) electrons. The predicted molar refractivity (Wildman–Crippen MR) is 70.4 cm³/mol. The van der Waals surface area contributed by atoms with E-state index in [0.29, 0.717) is 5.41 Å². The van der Waals surface area contributed by atoms with Crippen LogP contribution in [0.1, 0.15) is 27.2 Å². The van der Waals surface area contributed by atoms with Crippen LogP contribution in [0.4, 0.5) is 0 Å². The fourth-order valence-corrected chi connectivity index (χ4v) is 1.45. The molecule has 1 aliphatic rings. The van der Waals surface area contributed by atoms with Gasteiger partial charge < -0.3 is 5.11 Å². The highest BCUT2D eigenvalue weighted by Crippen LogP contribution is 2.50. The Hall–Kier alpha value is -0.830. The summed E-state index contributed by atoms with van der Waals surface area (Å²) in [6.07, 6.45) is 1.44. The Morgan fingerprint density at radius 3 is 1.81 bits per heavy atom. The van der Waals surface area contributed by atoms with Crippen molar-refractivity contribution in [3.05, 3.63) is 34.8 Å². The number of carbonyl (C=O) groups is 1. The minimum absolute atomic E-state index is 0.250. The summed E-state index contributed by atoms with van der Waals surface area (Å²) in [6.45, 7) is 6.69. The molecule has 0 spiro atoms. The molecular formula is C13H19BrO2. The van der Waals surface area contributed by atoms with Gasteiger partial charge in [0, 0.05) is 4.47 Å². The second-order valence-electron chi connectivity index (χ2n) is 4.49. The molecule has 0 aromatic heterocycles. The highest BCUT2D eigenvalue weighted by atomic mass is 79.9. The number of carboxylic acid groups (broad SMARTS) is 1. The van der Waals surface area contributed by atoms with Gasteiger partial charge in [-0.3, -0.25) is 4.79 Å². The van der Waals surface area contributed by atoms with Crippen LogP contribution in [-0.4, -0.2) is 11.6 Å². The topological polar surface area (TPSA) is 37.3 Å². The van der Waals surface area contributed by atoms with Crippen molar-refractivity contribution in [2.75, 3.05) is 0 Å². The lowest BCUT2D eigenvalue weighted by Crippen LogP contribution is -1.82. The smallest absolute Gasteiger partial charge is 0.290 e. The van der Waals surface area contributed by atoms with Gasteiger partial charge in [-0.05, 0) is 29.9 Å². The standard InChI is InChI=1S/C6H5Br.C6H12.CH2O2/c7-6-4-2-1-3-5-6;1-5-4-6(5,2)3;2-1-3/h1-5H;5H,4H2,1-3H3;1H,(H,2,3). The van der Waals surface area contributed by atoms with Crippen LogP contribution >= 0.6 is 15.9 Å². The molecule has 0 saturated heterocycles. The summed E-state index contributed by atoms with van der Waals surface area (Å²) < 4.78 is 1.13. The van der Waals surface area contributed by atoms with Crippen LogP contribution in [0.2, 0.25) is 0 Å². The van der Waals surface area contributed by atoms with Crippen molar-refractivity contribution in [1.29, 1.82) is 0 Å². The molecule has 1 saturated carbocycles. The highest BCUT2D eigenvalue weighted by Gasteiger charge is 2.41. The molecular weight excluding hydrogens is 268 g/mol. The normalized spacial score (nSPS) is 19.4. The van der Waals surface area contributed by atoms with E-state index >= 15 is 0 Å². The van der Waals surface area contributed by atoms with Crippen molar-refractivity contribution < 1.29 is 9.90 Å². The lowest BCUT2D eigenvalue weighted by atomic mass is 10.1. The first-order valence-electron chi connectivity index (χ1n) is 5.22. The summed E-state index contributed by atoms with van der Waals surface area (Å²) >= 11 is 3.31. The van der Waals surface area contributed by atoms with Crippen LogP contribution < -0.4 is 0 Å². The Morgan fingerprint density at radius 2 is 1.69 bits per heavy atom. The molecule has 1 atom stereocenters. The number of hydrogen-bond donors (Lipinski definition) is 1. The molecule has 0 heterocycles. The van der Waals surface area contributed by atoms with Crippen LogP contribution in [-0.2, 0) is 4.79 Å². The number of benzene rings is 1. The summed E-state index contributed by atoms with van der Waals surface area (Å²) in [5.41, 5.74) is 0.708. The lowest BCUT2D eigenvalue weighted by molar-refractivity contribution is -0.122. The zero-order valence-corrected chi connectivity index (χ0v) is 11.6. The molecule has 3 heteroatoms. The second kappa shape index (κ2) is 7.44. The van der Waals surface area contributed by atoms with Crippen LogP contribution in [0.15, 0.2) is 34.8 Å². The van der Waals surface area contributed by atoms with Crippen LogP contribution in [0.25, 0.3) is 0 Å². The first-order valence-corrected chi connectivity index (χ1v) is 6.01. The molecule has 1 unspecified atom stereocenters. The van der Waals surface area contributed by atoms with Crippen molar-refractivity contribution in [1.82, 2.24) is 0 Å². The second-order valence-corrected chi connectivity index (χ2v) is 5.41. The van der Waals surface area contributed by atoms with Gasteiger partial charge in [0.25, 0.3) is 6.47 Å². The van der Waals surface area contributed by atoms with Gasteiger partial charge in [0.15, 0.2) is 0 Å². The molecule has 0 aliphatic heterocycles. The molecule has 16 heavy (non-hydrogen) atoms. The Kier molecular flexibility index (Phi) is 7.06. The van der Waals surface area contributed by atoms with Crippen molar-refractivity contribution >= 4 is 22.4 Å². The SMILES string of the molecule is Brc1ccccc1.CC1CC1(C)C.O=CO. The lowest BCUT2D eigenvalue weighted by Gasteiger charge is -1.91. The predicted octanol–water partition coefficient (Wildman–Crippen LogP) is 4.20. The maximum absolute atomic E-state index is 8.36. The molecule has 0 bridgehead atoms. The molecule has 2 rings (SSSR count). The van der Waals surface area contributed by atoms with Gasteiger partial charge in [-0.25, -0.2) is 0 Å². The Balaban J connectivity index is 0.000000230. The maximum atomic E-state index is 8.36. The first-order chi connectivity index (χ1) is 7.44. The molecule has 1 N–H and O–H groups in total. The van der Waals surface area contributed by atoms with E-state index in [2.05, 4.69) is 36.7 Å². The van der Waals surface area contributed by atoms with Gasteiger partial charge in [-0.15, -0.1) is 0 Å². The van der Waals surface area contributed by atoms with Gasteiger partial charge in [0.05, 0.1) is 0 Å². The zero-order valence-electron chi connectivity index (χ0n) is 9.98. The molecule has 1 fully saturated rings. The average molecular weight is 287 g/mol. The molecule has 1 aromatic carbocycles. The van der Waals surface area contributed by atoms with Crippen molar-refractivity contribution in [2.24, 2.45) is 11.3 Å². The van der Waals surface area contributed by atoms with E-state index in [1.165, 1.54) is 6.42 Å². The average Bonchev–Trinajstić information content (AvgIpc) is 2.74. The van der Waals surface area contributed by atoms with Gasteiger partial charge in [-0.1, -0.05) is 54.9 Å². The van der Waals surface area contributed by atoms with E-state index in [1.54, 1.807) is 0 Å². The number of hydrogen-bond acceptors (Lipinski definition) is 1. The van der Waals surface area contributed by atoms with Crippen LogP contribution in [0.3, 0.4) is 0 Å². The fourth-order valence-electron chi connectivity index (χ4n) is 1.14. The minimum Gasteiger partial charge on any atom is -0.483 e. The van der Waals surface area contributed by atoms with Gasteiger partial charge in [0.2, 0.25) is 0 Å². The third kappa shape index (κ3) is 7.46. The molecule has 2 nitrogen and oxygen atoms in total. The van der Waals surface area contributed by atoms with E-state index in [4.69, 9.17) is 9.90 Å². The summed E-state index contributed by atoms with van der Waals surface area (Å²) in [5.74, 6) is 0.998. The fraction of sp³-hybridized carbons (Fsp3) is 0.462. The van der Waals surface area contributed by atoms with E-state index in [9.17, 15) is 0 Å². The van der Waals surface area contributed by atoms with Crippen LogP contribution in [0, 0.1) is 11.3 Å². The third-order valence-electron chi connectivity index (χ3n) is 2.74. The quantitative estimate of drug-likeness (QED) is 0.726. The number of halogens is 1. The summed E-state index contributed by atoms with van der Waals surface area (Å²) in [7, 11) is 0. The Labute approximate surface area is 106 Å². The van der Waals surface area contributed by atoms with E-state index < -0.39 is 0 Å². The van der Waals surface area contributed by atoms with Crippen molar-refractivity contribution in [3.8, 4) is 0 Å². The molecule has 1 aliphatic carbocycles. The summed E-state index contributed by atoms with van der Waals surface area (Å²) in [5, 5.41) is 6.89. The van der Waals surface area contributed by atoms with Crippen molar-refractivity contribution in [2.45, 2.75) is 27.2 Å². The molecule has 0 amide bonds. The van der Waals surface area contributed by atoms with Crippen LogP contribution in [0.5, 0.6) is 0 Å². The van der Waals surface area contributed by atoms with E-state index in [0.717, 1.165) is 10.4 Å². The first kappa shape index (κ1) is 15.2. The molecule has 1 aromatic rings. The third-order valence-corrected chi connectivity index (χ3v) is 3.27. The number of rotatable bonds is 0. The monoisotopic (exact) mass is 286 g/mol. The summed E-state index contributed by atoms with van der Waals surface area (Å²) in [6, 6.07) is 9.97. The summed E-state index contributed by atoms with van der Waals surface area (Å²) in [4.78, 5) is 8.36. The largest absolute Gasteiger partial charge is 0.483 e. The molecule has 90 valence electrons. The van der Waals surface area contributed by atoms with Gasteiger partial charge in [-0.2, -0.15) is 0 Å². The Bertz CT molecular complexity index is 296. The van der Waals surface area contributed by atoms with E-state index in [-0.39, 0.29) is 6.47 Å². The minimum atomic E-state index is -0.250. The van der Waals surface area contributed by atoms with E-state index in [1.807, 2.05) is 30.3 Å². The Morgan fingerprint density at radius 1 is 1.38 bits per heavy atom. The van der Waals surface area contributed by atoms with Gasteiger partial charge >= 0.3 is 0 Å².